The second-order valence-electron chi connectivity index (χ2n) is 3.29. The molecule has 5 heteroatoms. The van der Waals surface area contributed by atoms with Gasteiger partial charge in [0.05, 0.1) is 17.6 Å². The summed E-state index contributed by atoms with van der Waals surface area (Å²) in [6.45, 7) is 2.17. The van der Waals surface area contributed by atoms with E-state index in [1.165, 1.54) is 12.1 Å². The van der Waals surface area contributed by atoms with Crippen molar-refractivity contribution in [3.05, 3.63) is 41.5 Å². The number of hydrogen-bond acceptors (Lipinski definition) is 3. The molecule has 2 N–H and O–H groups in total. The number of aryl methyl sites for hydroxylation is 1. The normalized spacial score (nSPS) is 10.6. The zero-order valence-corrected chi connectivity index (χ0v) is 8.31. The molecule has 4 nitrogen and oxygen atoms in total. The summed E-state index contributed by atoms with van der Waals surface area (Å²) < 4.78 is 14.5. The number of aromatic nitrogens is 3. The number of benzene rings is 1. The lowest BCUT2D eigenvalue weighted by molar-refractivity contribution is 0.625. The lowest BCUT2D eigenvalue weighted by atomic mass is 10.2. The maximum absolute atomic E-state index is 12.9. The molecule has 0 radical (unpaired) electrons. The molecule has 15 heavy (non-hydrogen) atoms. The van der Waals surface area contributed by atoms with Gasteiger partial charge < -0.3 is 5.73 Å². The minimum atomic E-state index is -0.254. The molecular formula is C10H11FN4. The van der Waals surface area contributed by atoms with Crippen LogP contribution in [-0.4, -0.2) is 15.0 Å². The summed E-state index contributed by atoms with van der Waals surface area (Å²) in [7, 11) is 0. The molecule has 0 bridgehead atoms. The molecule has 0 atom stereocenters. The Bertz CT molecular complexity index is 478. The Labute approximate surface area is 86.5 Å². The fourth-order valence-corrected chi connectivity index (χ4v) is 1.39. The minimum absolute atomic E-state index is 0.254. The van der Waals surface area contributed by atoms with Gasteiger partial charge in [-0.05, 0) is 30.7 Å². The third-order valence-electron chi connectivity index (χ3n) is 2.16. The first-order chi connectivity index (χ1) is 7.20. The highest BCUT2D eigenvalue weighted by molar-refractivity contribution is 5.39. The van der Waals surface area contributed by atoms with Crippen molar-refractivity contribution in [2.75, 3.05) is 0 Å². The molecule has 0 fully saturated rings. The third kappa shape index (κ3) is 1.87. The second kappa shape index (κ2) is 3.78. The molecule has 0 aliphatic rings. The van der Waals surface area contributed by atoms with Crippen molar-refractivity contribution in [3.8, 4) is 5.69 Å². The van der Waals surface area contributed by atoms with E-state index in [-0.39, 0.29) is 5.82 Å². The first-order valence-electron chi connectivity index (χ1n) is 4.58. The lowest BCUT2D eigenvalue weighted by Gasteiger charge is -2.03. The van der Waals surface area contributed by atoms with Gasteiger partial charge in [0.1, 0.15) is 5.82 Å². The van der Waals surface area contributed by atoms with Crippen LogP contribution in [0.1, 0.15) is 11.3 Å². The quantitative estimate of drug-likeness (QED) is 0.802. The number of hydrogen-bond donors (Lipinski definition) is 1. The van der Waals surface area contributed by atoms with Crippen LogP contribution in [0.5, 0.6) is 0 Å². The Morgan fingerprint density at radius 2 is 2.27 bits per heavy atom. The summed E-state index contributed by atoms with van der Waals surface area (Å²) in [6, 6.07) is 4.52. The Morgan fingerprint density at radius 3 is 2.87 bits per heavy atom. The summed E-state index contributed by atoms with van der Waals surface area (Å²) in [6.07, 6.45) is 1.74. The smallest absolute Gasteiger partial charge is 0.123 e. The molecule has 0 aliphatic heterocycles. The van der Waals surface area contributed by atoms with Gasteiger partial charge in [-0.3, -0.25) is 0 Å². The average Bonchev–Trinajstić information content (AvgIpc) is 2.66. The summed E-state index contributed by atoms with van der Waals surface area (Å²) in [5, 5.41) is 7.78. The van der Waals surface area contributed by atoms with Gasteiger partial charge in [-0.25, -0.2) is 9.07 Å². The van der Waals surface area contributed by atoms with Crippen LogP contribution in [0.4, 0.5) is 4.39 Å². The Kier molecular flexibility index (Phi) is 2.47. The molecule has 2 rings (SSSR count). The Hall–Kier alpha value is -1.75. The average molecular weight is 206 g/mol. The van der Waals surface area contributed by atoms with Crippen LogP contribution in [0.2, 0.25) is 0 Å². The largest absolute Gasteiger partial charge is 0.325 e. The van der Waals surface area contributed by atoms with Gasteiger partial charge in [-0.15, -0.1) is 5.10 Å². The Morgan fingerprint density at radius 1 is 1.47 bits per heavy atom. The minimum Gasteiger partial charge on any atom is -0.325 e. The summed E-state index contributed by atoms with van der Waals surface area (Å²) in [5.74, 6) is -0.254. The van der Waals surface area contributed by atoms with Crippen molar-refractivity contribution in [1.29, 1.82) is 0 Å². The molecule has 1 aromatic heterocycles. The maximum Gasteiger partial charge on any atom is 0.123 e. The maximum atomic E-state index is 12.9. The van der Waals surface area contributed by atoms with Crippen LogP contribution in [-0.2, 0) is 6.54 Å². The highest BCUT2D eigenvalue weighted by Crippen LogP contribution is 2.14. The van der Waals surface area contributed by atoms with Crippen LogP contribution in [0.3, 0.4) is 0 Å². The first kappa shape index (κ1) is 9.79. The van der Waals surface area contributed by atoms with E-state index in [1.54, 1.807) is 16.9 Å². The van der Waals surface area contributed by atoms with E-state index >= 15 is 0 Å². The van der Waals surface area contributed by atoms with Gasteiger partial charge in [0.25, 0.3) is 0 Å². The summed E-state index contributed by atoms with van der Waals surface area (Å²) in [4.78, 5) is 0. The van der Waals surface area contributed by atoms with Gasteiger partial charge in [0.15, 0.2) is 0 Å². The van der Waals surface area contributed by atoms with Crippen molar-refractivity contribution >= 4 is 0 Å². The highest BCUT2D eigenvalue weighted by Gasteiger charge is 2.04. The van der Waals surface area contributed by atoms with Crippen molar-refractivity contribution in [2.45, 2.75) is 13.5 Å². The molecule has 1 heterocycles. The molecule has 0 spiro atoms. The van der Waals surface area contributed by atoms with Gasteiger partial charge >= 0.3 is 0 Å². The Balaban J connectivity index is 2.44. The van der Waals surface area contributed by atoms with Crippen molar-refractivity contribution in [1.82, 2.24) is 15.0 Å². The molecule has 0 amide bonds. The number of rotatable bonds is 2. The van der Waals surface area contributed by atoms with E-state index in [0.29, 0.717) is 12.2 Å². The van der Waals surface area contributed by atoms with Crippen LogP contribution < -0.4 is 5.73 Å². The van der Waals surface area contributed by atoms with Crippen LogP contribution >= 0.6 is 0 Å². The van der Waals surface area contributed by atoms with Gasteiger partial charge in [-0.1, -0.05) is 5.21 Å². The molecule has 1 aromatic carbocycles. The van der Waals surface area contributed by atoms with Crippen LogP contribution in [0.25, 0.3) is 5.69 Å². The molecule has 2 aromatic rings. The van der Waals surface area contributed by atoms with Gasteiger partial charge in [0, 0.05) is 6.54 Å². The third-order valence-corrected chi connectivity index (χ3v) is 2.16. The van der Waals surface area contributed by atoms with E-state index in [0.717, 1.165) is 11.3 Å². The highest BCUT2D eigenvalue weighted by atomic mass is 19.1. The number of halogens is 1. The van der Waals surface area contributed by atoms with Gasteiger partial charge in [0.2, 0.25) is 0 Å². The first-order valence-corrected chi connectivity index (χ1v) is 4.58. The molecule has 0 aliphatic carbocycles. The molecule has 0 saturated heterocycles. The summed E-state index contributed by atoms with van der Waals surface area (Å²) >= 11 is 0. The van der Waals surface area contributed by atoms with Crippen molar-refractivity contribution in [2.24, 2.45) is 5.73 Å². The molecule has 78 valence electrons. The van der Waals surface area contributed by atoms with Crippen molar-refractivity contribution < 1.29 is 4.39 Å². The van der Waals surface area contributed by atoms with Crippen LogP contribution in [0.15, 0.2) is 24.4 Å². The van der Waals surface area contributed by atoms with E-state index in [2.05, 4.69) is 10.3 Å². The molecule has 0 saturated carbocycles. The predicted molar refractivity (Wildman–Crippen MR) is 53.9 cm³/mol. The molecular weight excluding hydrogens is 195 g/mol. The van der Waals surface area contributed by atoms with E-state index in [1.807, 2.05) is 6.92 Å². The SMILES string of the molecule is Cc1cc(F)ccc1-n1cc(CN)nn1. The van der Waals surface area contributed by atoms with Gasteiger partial charge in [-0.2, -0.15) is 0 Å². The fraction of sp³-hybridized carbons (Fsp3) is 0.200. The topological polar surface area (TPSA) is 56.7 Å². The number of nitrogens with zero attached hydrogens (tertiary/aromatic N) is 3. The molecule has 0 unspecified atom stereocenters. The zero-order valence-electron chi connectivity index (χ0n) is 8.31. The standard InChI is InChI=1S/C10H11FN4/c1-7-4-8(11)2-3-10(7)15-6-9(5-12)13-14-15/h2-4,6H,5,12H2,1H3. The van der Waals surface area contributed by atoms with Crippen LogP contribution in [0, 0.1) is 12.7 Å². The predicted octanol–water partition coefficient (Wildman–Crippen LogP) is 1.17. The fourth-order valence-electron chi connectivity index (χ4n) is 1.39. The van der Waals surface area contributed by atoms with E-state index < -0.39 is 0 Å². The zero-order chi connectivity index (χ0) is 10.8. The second-order valence-corrected chi connectivity index (χ2v) is 3.29. The number of nitrogens with two attached hydrogens (primary N) is 1. The monoisotopic (exact) mass is 206 g/mol. The summed E-state index contributed by atoms with van der Waals surface area (Å²) in [5.41, 5.74) is 7.75. The van der Waals surface area contributed by atoms with E-state index in [9.17, 15) is 4.39 Å². The van der Waals surface area contributed by atoms with Crippen molar-refractivity contribution in [3.63, 3.8) is 0 Å². The lowest BCUT2D eigenvalue weighted by Crippen LogP contribution is -1.98. The van der Waals surface area contributed by atoms with E-state index in [4.69, 9.17) is 5.73 Å².